The third kappa shape index (κ3) is 9.65. The zero-order chi connectivity index (χ0) is 26.5. The predicted octanol–water partition coefficient (Wildman–Crippen LogP) is -0.522. The third-order valence-electron chi connectivity index (χ3n) is 5.36. The van der Waals surface area contributed by atoms with Gasteiger partial charge in [0.05, 0.1) is 7.11 Å². The minimum Gasteiger partial charge on any atom is -0.490 e. The molecule has 0 fully saturated rings. The summed E-state index contributed by atoms with van der Waals surface area (Å²) in [5.74, 6) is -1.77. The Hall–Kier alpha value is -4.09. The molecule has 0 saturated carbocycles. The number of ether oxygens (including phenoxy) is 2. The first-order valence-electron chi connectivity index (χ1n) is 11.6. The predicted molar refractivity (Wildman–Crippen MR) is 132 cm³/mol. The molecule has 3 rings (SSSR count). The maximum atomic E-state index is 13.2. The van der Waals surface area contributed by atoms with Gasteiger partial charge in [-0.3, -0.25) is 19.8 Å². The Labute approximate surface area is 209 Å². The average Bonchev–Trinajstić information content (AvgIpc) is 2.84. The van der Waals surface area contributed by atoms with Gasteiger partial charge in [-0.2, -0.15) is 0 Å². The van der Waals surface area contributed by atoms with Crippen LogP contribution in [0.2, 0.25) is 0 Å². The van der Waals surface area contributed by atoms with E-state index in [9.17, 15) is 19.2 Å². The monoisotopic (exact) mass is 502 g/mol. The molecular weight excluding hydrogens is 468 g/mol. The lowest BCUT2D eigenvalue weighted by Crippen LogP contribution is -2.56. The summed E-state index contributed by atoms with van der Waals surface area (Å²) in [4.78, 5) is 50.4. The molecule has 0 spiro atoms. The van der Waals surface area contributed by atoms with E-state index in [1.165, 1.54) is 14.0 Å². The van der Waals surface area contributed by atoms with Crippen molar-refractivity contribution >= 4 is 29.7 Å². The summed E-state index contributed by atoms with van der Waals surface area (Å²) in [6.07, 6.45) is 4.36. The SMILES string of the molecule is COC(=O)[C@@H]1CC=CCOc2ccc(cc2)C[C@@H](NC(C)=O)C(=O)N[C@@H](CCCNC(=N)N)C(=O)N1. The minimum absolute atomic E-state index is 0.155. The lowest BCUT2D eigenvalue weighted by atomic mass is 10.0. The lowest BCUT2D eigenvalue weighted by Gasteiger charge is -2.24. The van der Waals surface area contributed by atoms with Crippen LogP contribution in [-0.4, -0.2) is 68.0 Å². The van der Waals surface area contributed by atoms with Crippen molar-refractivity contribution in [1.29, 1.82) is 5.41 Å². The summed E-state index contributed by atoms with van der Waals surface area (Å²) < 4.78 is 10.5. The van der Waals surface area contributed by atoms with Crippen LogP contribution < -0.4 is 31.7 Å². The molecule has 196 valence electrons. The lowest BCUT2D eigenvalue weighted by molar-refractivity contribution is -0.145. The molecule has 0 saturated heterocycles. The van der Waals surface area contributed by atoms with E-state index >= 15 is 0 Å². The van der Waals surface area contributed by atoms with E-state index in [0.717, 1.165) is 5.56 Å². The van der Waals surface area contributed by atoms with E-state index in [-0.39, 0.29) is 31.8 Å². The zero-order valence-corrected chi connectivity index (χ0v) is 20.5. The van der Waals surface area contributed by atoms with E-state index in [1.807, 2.05) is 0 Å². The first-order chi connectivity index (χ1) is 17.2. The van der Waals surface area contributed by atoms with Gasteiger partial charge >= 0.3 is 5.97 Å². The van der Waals surface area contributed by atoms with Gasteiger partial charge in [-0.1, -0.05) is 24.3 Å². The molecule has 3 amide bonds. The highest BCUT2D eigenvalue weighted by molar-refractivity contribution is 5.93. The number of hydrogen-bond donors (Lipinski definition) is 6. The molecule has 0 radical (unpaired) electrons. The second-order valence-electron chi connectivity index (χ2n) is 8.25. The van der Waals surface area contributed by atoms with Crippen LogP contribution in [0.15, 0.2) is 36.4 Å². The molecule has 1 aromatic rings. The summed E-state index contributed by atoms with van der Waals surface area (Å²) in [5.41, 5.74) is 6.09. The highest BCUT2D eigenvalue weighted by Crippen LogP contribution is 2.14. The number of carbonyl (C=O) groups is 4. The molecule has 12 nitrogen and oxygen atoms in total. The number of esters is 1. The van der Waals surface area contributed by atoms with E-state index < -0.39 is 41.8 Å². The van der Waals surface area contributed by atoms with E-state index in [1.54, 1.807) is 36.4 Å². The molecule has 0 unspecified atom stereocenters. The highest BCUT2D eigenvalue weighted by Gasteiger charge is 2.29. The van der Waals surface area contributed by atoms with Gasteiger partial charge in [0.15, 0.2) is 5.96 Å². The molecule has 2 heterocycles. The van der Waals surface area contributed by atoms with E-state index in [0.29, 0.717) is 18.7 Å². The normalized spacial score (nSPS) is 20.8. The van der Waals surface area contributed by atoms with Crippen LogP contribution in [0.1, 0.15) is 31.7 Å². The van der Waals surface area contributed by atoms with Gasteiger partial charge in [0.1, 0.15) is 30.5 Å². The fraction of sp³-hybridized carbons (Fsp3) is 0.458. The quantitative estimate of drug-likeness (QED) is 0.0986. The molecule has 2 bridgehead atoms. The van der Waals surface area contributed by atoms with Crippen molar-refractivity contribution in [2.45, 2.75) is 50.7 Å². The van der Waals surface area contributed by atoms with Crippen LogP contribution in [0.5, 0.6) is 5.75 Å². The van der Waals surface area contributed by atoms with E-state index in [2.05, 4.69) is 21.3 Å². The first-order valence-corrected chi connectivity index (χ1v) is 11.6. The second kappa shape index (κ2) is 14.3. The minimum atomic E-state index is -1.01. The number of methoxy groups -OCH3 is 1. The molecule has 3 atom stereocenters. The van der Waals surface area contributed by atoms with Gasteiger partial charge in [0.2, 0.25) is 17.7 Å². The summed E-state index contributed by atoms with van der Waals surface area (Å²) in [6.45, 7) is 1.86. The Morgan fingerprint density at radius 1 is 1.17 bits per heavy atom. The van der Waals surface area contributed by atoms with Crippen LogP contribution in [-0.2, 0) is 30.3 Å². The molecule has 1 aromatic carbocycles. The molecule has 36 heavy (non-hydrogen) atoms. The second-order valence-corrected chi connectivity index (χ2v) is 8.25. The maximum Gasteiger partial charge on any atom is 0.328 e. The van der Waals surface area contributed by atoms with Crippen LogP contribution in [0.4, 0.5) is 0 Å². The smallest absolute Gasteiger partial charge is 0.328 e. The van der Waals surface area contributed by atoms with Crippen molar-refractivity contribution in [3.8, 4) is 5.75 Å². The Bertz CT molecular complexity index is 964. The van der Waals surface area contributed by atoms with Gasteiger partial charge in [-0.25, -0.2) is 4.79 Å². The molecule has 12 heteroatoms. The Kier molecular flexibility index (Phi) is 11.2. The third-order valence-corrected chi connectivity index (χ3v) is 5.36. The highest BCUT2D eigenvalue weighted by atomic mass is 16.5. The molecule has 0 aromatic heterocycles. The van der Waals surface area contributed by atoms with Crippen molar-refractivity contribution < 1.29 is 28.7 Å². The van der Waals surface area contributed by atoms with Crippen molar-refractivity contribution in [2.75, 3.05) is 20.3 Å². The summed E-state index contributed by atoms with van der Waals surface area (Å²) >= 11 is 0. The number of amides is 3. The average molecular weight is 503 g/mol. The number of carbonyl (C=O) groups excluding carboxylic acids is 4. The van der Waals surface area contributed by atoms with Crippen molar-refractivity contribution in [3.63, 3.8) is 0 Å². The fourth-order valence-corrected chi connectivity index (χ4v) is 3.56. The number of nitrogens with one attached hydrogen (secondary N) is 5. The van der Waals surface area contributed by atoms with Crippen molar-refractivity contribution in [1.82, 2.24) is 21.3 Å². The summed E-state index contributed by atoms with van der Waals surface area (Å²) in [5, 5.41) is 17.9. The van der Waals surface area contributed by atoms with Crippen LogP contribution in [0.25, 0.3) is 0 Å². The molecule has 7 N–H and O–H groups in total. The Morgan fingerprint density at radius 3 is 2.53 bits per heavy atom. The number of nitrogens with two attached hydrogens (primary N) is 1. The fourth-order valence-electron chi connectivity index (χ4n) is 3.56. The number of hydrogen-bond acceptors (Lipinski definition) is 7. The van der Waals surface area contributed by atoms with Gasteiger partial charge < -0.3 is 36.5 Å². The number of benzene rings is 1. The first kappa shape index (κ1) is 28.1. The number of guanidine groups is 1. The topological polar surface area (TPSA) is 185 Å². The van der Waals surface area contributed by atoms with Gasteiger partial charge in [-0.15, -0.1) is 0 Å². The van der Waals surface area contributed by atoms with Crippen LogP contribution in [0.3, 0.4) is 0 Å². The largest absolute Gasteiger partial charge is 0.490 e. The number of rotatable bonds is 6. The Balaban J connectivity index is 2.33. The summed E-state index contributed by atoms with van der Waals surface area (Å²) in [6, 6.07) is 4.19. The zero-order valence-electron chi connectivity index (χ0n) is 20.5. The molecule has 0 aliphatic carbocycles. The van der Waals surface area contributed by atoms with Crippen LogP contribution in [0, 0.1) is 5.41 Å². The molecule has 2 aliphatic heterocycles. The van der Waals surface area contributed by atoms with Crippen LogP contribution >= 0.6 is 0 Å². The molecular formula is C24H34N6O6. The number of fused-ring (bicyclic) bond motifs is 13. The van der Waals surface area contributed by atoms with E-state index in [4.69, 9.17) is 20.6 Å². The van der Waals surface area contributed by atoms with Crippen molar-refractivity contribution in [3.05, 3.63) is 42.0 Å². The standard InChI is InChI=1S/C24H34N6O6/c1-15(31)28-20-14-16-8-10-17(11-9-16)36-13-4-3-6-19(23(34)35-2)30-21(32)18(29-22(20)33)7-5-12-27-24(25)26/h3-4,8-11,18-20H,5-7,12-14H2,1-2H3,(H,28,31)(H,29,33)(H,30,32)(H4,25,26,27)/t18-,19-,20+/m0/s1. The summed E-state index contributed by atoms with van der Waals surface area (Å²) in [7, 11) is 1.22. The van der Waals surface area contributed by atoms with Gasteiger partial charge in [0.25, 0.3) is 0 Å². The molecule has 2 aliphatic rings. The van der Waals surface area contributed by atoms with Gasteiger partial charge in [-0.05, 0) is 37.0 Å². The van der Waals surface area contributed by atoms with Gasteiger partial charge in [0, 0.05) is 19.9 Å². The van der Waals surface area contributed by atoms with Crippen molar-refractivity contribution in [2.24, 2.45) is 5.73 Å². The maximum absolute atomic E-state index is 13.2. The Morgan fingerprint density at radius 2 is 1.89 bits per heavy atom.